The molecule has 0 spiro atoms. The van der Waals surface area contributed by atoms with Crippen LogP contribution in [0.4, 0.5) is 11.4 Å². The molecule has 0 saturated carbocycles. The zero-order chi connectivity index (χ0) is 20.4. The molecule has 0 aliphatic carbocycles. The van der Waals surface area contributed by atoms with Gasteiger partial charge in [-0.25, -0.2) is 8.42 Å². The number of nitrogens with zero attached hydrogens (tertiary/aromatic N) is 1. The Balaban J connectivity index is 2.19. The SMILES string of the molecule is CC(C)(C)c1ccc(C(O)CNc2ccc([N+](=O)[O-])cc2S(C)(=O)=O)cc1. The molecule has 146 valence electrons. The van der Waals surface area contributed by atoms with Crippen LogP contribution >= 0.6 is 0 Å². The van der Waals surface area contributed by atoms with E-state index in [-0.39, 0.29) is 28.2 Å². The number of anilines is 1. The van der Waals surface area contributed by atoms with Crippen LogP contribution in [-0.4, -0.2) is 31.2 Å². The van der Waals surface area contributed by atoms with Gasteiger partial charge in [0.1, 0.15) is 0 Å². The van der Waals surface area contributed by atoms with Gasteiger partial charge in [0.25, 0.3) is 5.69 Å². The highest BCUT2D eigenvalue weighted by Crippen LogP contribution is 2.28. The largest absolute Gasteiger partial charge is 0.387 e. The van der Waals surface area contributed by atoms with Crippen molar-refractivity contribution in [1.82, 2.24) is 0 Å². The number of aliphatic hydroxyl groups is 1. The maximum atomic E-state index is 11.9. The van der Waals surface area contributed by atoms with Crippen LogP contribution < -0.4 is 5.32 Å². The van der Waals surface area contributed by atoms with Gasteiger partial charge in [-0.15, -0.1) is 0 Å². The van der Waals surface area contributed by atoms with E-state index < -0.39 is 20.9 Å². The predicted octanol–water partition coefficient (Wildman–Crippen LogP) is 3.44. The number of nitro groups is 1. The van der Waals surface area contributed by atoms with Crippen LogP contribution in [0.5, 0.6) is 0 Å². The standard InChI is InChI=1S/C19H24N2O5S/c1-19(2,3)14-7-5-13(6-8-14)17(22)12-20-16-10-9-15(21(23)24)11-18(16)27(4,25)26/h5-11,17,20,22H,12H2,1-4H3. The lowest BCUT2D eigenvalue weighted by molar-refractivity contribution is -0.385. The maximum Gasteiger partial charge on any atom is 0.270 e. The van der Waals surface area contributed by atoms with Gasteiger partial charge in [0.2, 0.25) is 0 Å². The molecule has 8 heteroatoms. The predicted molar refractivity (Wildman–Crippen MR) is 105 cm³/mol. The van der Waals surface area contributed by atoms with Crippen LogP contribution in [0.25, 0.3) is 0 Å². The molecule has 2 aromatic rings. The lowest BCUT2D eigenvalue weighted by Gasteiger charge is -2.20. The van der Waals surface area contributed by atoms with E-state index in [0.717, 1.165) is 17.9 Å². The summed E-state index contributed by atoms with van der Waals surface area (Å²) in [6.07, 6.45) is 0.125. The summed E-state index contributed by atoms with van der Waals surface area (Å²) in [5, 5.41) is 24.2. The first kappa shape index (κ1) is 20.9. The fourth-order valence-electron chi connectivity index (χ4n) is 2.61. The molecule has 0 aliphatic rings. The molecular formula is C19H24N2O5S. The molecule has 0 heterocycles. The van der Waals surface area contributed by atoms with Crippen molar-refractivity contribution in [2.75, 3.05) is 18.1 Å². The van der Waals surface area contributed by atoms with Crippen molar-refractivity contribution in [2.45, 2.75) is 37.2 Å². The third kappa shape index (κ3) is 5.27. The Bertz CT molecular complexity index is 932. The number of hydrogen-bond donors (Lipinski definition) is 2. The minimum absolute atomic E-state index is 0.00484. The highest BCUT2D eigenvalue weighted by molar-refractivity contribution is 7.90. The number of sulfone groups is 1. The van der Waals surface area contributed by atoms with Gasteiger partial charge >= 0.3 is 0 Å². The average Bonchev–Trinajstić information content (AvgIpc) is 2.58. The summed E-state index contributed by atoms with van der Waals surface area (Å²) >= 11 is 0. The van der Waals surface area contributed by atoms with Gasteiger partial charge in [0.05, 0.1) is 21.6 Å². The second-order valence-electron chi connectivity index (χ2n) is 7.48. The van der Waals surface area contributed by atoms with E-state index in [1.807, 2.05) is 24.3 Å². The molecule has 0 saturated heterocycles. The van der Waals surface area contributed by atoms with Crippen molar-refractivity contribution in [3.63, 3.8) is 0 Å². The maximum absolute atomic E-state index is 11.9. The molecule has 0 radical (unpaired) electrons. The molecule has 0 aromatic heterocycles. The van der Waals surface area contributed by atoms with Gasteiger partial charge in [0.15, 0.2) is 9.84 Å². The molecule has 2 N–H and O–H groups in total. The topological polar surface area (TPSA) is 110 Å². The van der Waals surface area contributed by atoms with E-state index >= 15 is 0 Å². The number of aliphatic hydroxyl groups excluding tert-OH is 1. The van der Waals surface area contributed by atoms with Crippen LogP contribution in [0, 0.1) is 10.1 Å². The van der Waals surface area contributed by atoms with Gasteiger partial charge in [-0.2, -0.15) is 0 Å². The Morgan fingerprint density at radius 1 is 1.15 bits per heavy atom. The van der Waals surface area contributed by atoms with Gasteiger partial charge in [-0.1, -0.05) is 45.0 Å². The van der Waals surface area contributed by atoms with E-state index in [1.165, 1.54) is 12.1 Å². The first-order valence-electron chi connectivity index (χ1n) is 8.40. The number of nitrogens with one attached hydrogen (secondary N) is 1. The van der Waals surface area contributed by atoms with Crippen molar-refractivity contribution in [2.24, 2.45) is 0 Å². The molecule has 0 fully saturated rings. The number of hydrogen-bond acceptors (Lipinski definition) is 6. The van der Waals surface area contributed by atoms with E-state index in [0.29, 0.717) is 5.56 Å². The lowest BCUT2D eigenvalue weighted by Crippen LogP contribution is -2.15. The third-order valence-corrected chi connectivity index (χ3v) is 5.36. The fraction of sp³-hybridized carbons (Fsp3) is 0.368. The molecule has 0 aliphatic heterocycles. The molecule has 1 unspecified atom stereocenters. The monoisotopic (exact) mass is 392 g/mol. The normalized spacial score (nSPS) is 13.2. The van der Waals surface area contributed by atoms with Crippen molar-refractivity contribution >= 4 is 21.2 Å². The van der Waals surface area contributed by atoms with Crippen molar-refractivity contribution in [1.29, 1.82) is 0 Å². The Labute approximate surface area is 159 Å². The van der Waals surface area contributed by atoms with E-state index in [4.69, 9.17) is 0 Å². The summed E-state index contributed by atoms with van der Waals surface area (Å²) in [4.78, 5) is 10.1. The number of non-ortho nitro benzene ring substituents is 1. The molecule has 2 aromatic carbocycles. The quantitative estimate of drug-likeness (QED) is 0.576. The van der Waals surface area contributed by atoms with E-state index in [1.54, 1.807) is 0 Å². The Kier molecular flexibility index (Phi) is 5.91. The Morgan fingerprint density at radius 3 is 2.22 bits per heavy atom. The zero-order valence-electron chi connectivity index (χ0n) is 15.8. The zero-order valence-corrected chi connectivity index (χ0v) is 16.6. The first-order valence-corrected chi connectivity index (χ1v) is 10.3. The van der Waals surface area contributed by atoms with Gasteiger partial charge < -0.3 is 10.4 Å². The van der Waals surface area contributed by atoms with Gasteiger partial charge in [-0.3, -0.25) is 10.1 Å². The molecule has 2 rings (SSSR count). The molecule has 27 heavy (non-hydrogen) atoms. The van der Waals surface area contributed by atoms with Crippen LogP contribution in [0.2, 0.25) is 0 Å². The minimum Gasteiger partial charge on any atom is -0.387 e. The Hall–Kier alpha value is -2.45. The second-order valence-corrected chi connectivity index (χ2v) is 9.46. The minimum atomic E-state index is -3.67. The van der Waals surface area contributed by atoms with Crippen LogP contribution in [0.15, 0.2) is 47.4 Å². The summed E-state index contributed by atoms with van der Waals surface area (Å²) in [5.74, 6) is 0. The number of nitro benzene ring substituents is 1. The molecule has 1 atom stereocenters. The summed E-state index contributed by atoms with van der Waals surface area (Å²) in [7, 11) is -3.67. The molecule has 7 nitrogen and oxygen atoms in total. The van der Waals surface area contributed by atoms with E-state index in [9.17, 15) is 23.6 Å². The first-order chi connectivity index (χ1) is 12.4. The lowest BCUT2D eigenvalue weighted by atomic mass is 9.86. The number of rotatable bonds is 6. The van der Waals surface area contributed by atoms with E-state index in [2.05, 4.69) is 26.1 Å². The van der Waals surface area contributed by atoms with Gasteiger partial charge in [-0.05, 0) is 22.6 Å². The summed E-state index contributed by atoms with van der Waals surface area (Å²) in [6.45, 7) is 6.36. The van der Waals surface area contributed by atoms with Crippen LogP contribution in [0.3, 0.4) is 0 Å². The van der Waals surface area contributed by atoms with Crippen molar-refractivity contribution < 1.29 is 18.4 Å². The fourth-order valence-corrected chi connectivity index (χ4v) is 3.48. The highest BCUT2D eigenvalue weighted by atomic mass is 32.2. The third-order valence-electron chi connectivity index (χ3n) is 4.22. The average molecular weight is 392 g/mol. The van der Waals surface area contributed by atoms with Crippen molar-refractivity contribution in [3.05, 3.63) is 63.7 Å². The van der Waals surface area contributed by atoms with Gasteiger partial charge in [0, 0.05) is 24.9 Å². The Morgan fingerprint density at radius 2 is 1.74 bits per heavy atom. The molecular weight excluding hydrogens is 368 g/mol. The number of benzene rings is 2. The van der Waals surface area contributed by atoms with Crippen LogP contribution in [-0.2, 0) is 15.3 Å². The summed E-state index contributed by atoms with van der Waals surface area (Å²) in [5.41, 5.74) is 1.75. The summed E-state index contributed by atoms with van der Waals surface area (Å²) < 4.78 is 23.9. The van der Waals surface area contributed by atoms with Crippen LogP contribution in [0.1, 0.15) is 38.0 Å². The molecule has 0 bridgehead atoms. The molecule has 0 amide bonds. The second kappa shape index (κ2) is 7.66. The summed E-state index contributed by atoms with van der Waals surface area (Å²) in [6, 6.07) is 11.1. The highest BCUT2D eigenvalue weighted by Gasteiger charge is 2.19. The van der Waals surface area contributed by atoms with Crippen molar-refractivity contribution in [3.8, 4) is 0 Å². The smallest absolute Gasteiger partial charge is 0.270 e.